The van der Waals surface area contributed by atoms with Gasteiger partial charge in [-0.05, 0) is 55.3 Å². The van der Waals surface area contributed by atoms with E-state index in [9.17, 15) is 4.79 Å². The Hall–Kier alpha value is -4.39. The van der Waals surface area contributed by atoms with Gasteiger partial charge in [0.05, 0.1) is 18.1 Å². The van der Waals surface area contributed by atoms with Crippen LogP contribution < -0.4 is 15.8 Å². The molecule has 2 heterocycles. The number of nitrogens with one attached hydrogen (secondary N) is 1. The molecule has 0 atom stereocenters. The molecule has 0 unspecified atom stereocenters. The van der Waals surface area contributed by atoms with Crippen LogP contribution in [0.5, 0.6) is 5.75 Å². The zero-order valence-electron chi connectivity index (χ0n) is 19.3. The van der Waals surface area contributed by atoms with Crippen molar-refractivity contribution in [3.05, 3.63) is 89.0 Å². The number of nitrogens with two attached hydrogens (primary N) is 1. The number of anilines is 1. The van der Waals surface area contributed by atoms with Crippen LogP contribution >= 0.6 is 0 Å². The van der Waals surface area contributed by atoms with Crippen LogP contribution in [0, 0.1) is 13.8 Å². The summed E-state index contributed by atoms with van der Waals surface area (Å²) in [7, 11) is 1.61. The van der Waals surface area contributed by atoms with Crippen LogP contribution in [0.1, 0.15) is 27.0 Å². The predicted octanol–water partition coefficient (Wildman–Crippen LogP) is 4.71. The molecule has 5 rings (SSSR count). The summed E-state index contributed by atoms with van der Waals surface area (Å²) >= 11 is 0. The van der Waals surface area contributed by atoms with Gasteiger partial charge >= 0.3 is 0 Å². The summed E-state index contributed by atoms with van der Waals surface area (Å²) in [6, 6.07) is 21.2. The Bertz CT molecular complexity index is 1550. The van der Waals surface area contributed by atoms with E-state index < -0.39 is 0 Å². The van der Waals surface area contributed by atoms with E-state index in [0.29, 0.717) is 40.4 Å². The number of ether oxygens (including phenoxy) is 1. The van der Waals surface area contributed by atoms with E-state index in [1.54, 1.807) is 11.7 Å². The van der Waals surface area contributed by atoms with Crippen molar-refractivity contribution in [1.29, 1.82) is 0 Å². The van der Waals surface area contributed by atoms with Gasteiger partial charge in [0.2, 0.25) is 0 Å². The SMILES string of the molecule is COc1ccccc1CNC(=O)c1c(N)n(-c2ccc(C)c(C)c2)c2nc3ccccc3nc12. The molecule has 0 saturated heterocycles. The van der Waals surface area contributed by atoms with Gasteiger partial charge in [-0.3, -0.25) is 9.36 Å². The van der Waals surface area contributed by atoms with E-state index in [-0.39, 0.29) is 5.91 Å². The van der Waals surface area contributed by atoms with Crippen molar-refractivity contribution in [2.45, 2.75) is 20.4 Å². The Morgan fingerprint density at radius 1 is 0.971 bits per heavy atom. The number of rotatable bonds is 5. The van der Waals surface area contributed by atoms with Crippen molar-refractivity contribution in [2.75, 3.05) is 12.8 Å². The van der Waals surface area contributed by atoms with Crippen molar-refractivity contribution in [3.63, 3.8) is 0 Å². The van der Waals surface area contributed by atoms with E-state index in [1.165, 1.54) is 5.56 Å². The first-order valence-corrected chi connectivity index (χ1v) is 11.0. The second-order valence-electron chi connectivity index (χ2n) is 8.24. The first-order chi connectivity index (χ1) is 16.5. The maximum Gasteiger partial charge on any atom is 0.257 e. The molecule has 0 bridgehead atoms. The molecule has 0 aliphatic carbocycles. The van der Waals surface area contributed by atoms with E-state index in [0.717, 1.165) is 22.3 Å². The van der Waals surface area contributed by atoms with Gasteiger partial charge in [0, 0.05) is 17.8 Å². The van der Waals surface area contributed by atoms with Gasteiger partial charge in [-0.2, -0.15) is 0 Å². The largest absolute Gasteiger partial charge is 0.496 e. The number of aryl methyl sites for hydroxylation is 2. The Balaban J connectivity index is 1.66. The van der Waals surface area contributed by atoms with Gasteiger partial charge < -0.3 is 15.8 Å². The fourth-order valence-electron chi connectivity index (χ4n) is 4.12. The Labute approximate surface area is 197 Å². The Kier molecular flexibility index (Phi) is 5.37. The van der Waals surface area contributed by atoms with E-state index >= 15 is 0 Å². The standard InChI is InChI=1S/C27H25N5O2/c1-16-12-13-19(14-17(16)2)32-25(28)23(24-26(32)31-21-10-6-5-9-20(21)30-24)27(33)29-15-18-8-4-7-11-22(18)34-3/h4-14H,15,28H2,1-3H3,(H,29,33). The molecular weight excluding hydrogens is 426 g/mol. The van der Waals surface area contributed by atoms with Crippen LogP contribution in [0.15, 0.2) is 66.7 Å². The minimum atomic E-state index is -0.319. The topological polar surface area (TPSA) is 95.1 Å². The molecule has 0 aliphatic rings. The number of aromatic nitrogens is 3. The molecular formula is C27H25N5O2. The van der Waals surface area contributed by atoms with Crippen LogP contribution in [0.3, 0.4) is 0 Å². The summed E-state index contributed by atoms with van der Waals surface area (Å²) in [5, 5.41) is 2.98. The number of para-hydroxylation sites is 3. The van der Waals surface area contributed by atoms with Crippen molar-refractivity contribution in [3.8, 4) is 11.4 Å². The molecule has 3 N–H and O–H groups in total. The summed E-state index contributed by atoms with van der Waals surface area (Å²) in [6.45, 7) is 4.39. The first kappa shape index (κ1) is 21.5. The second-order valence-corrected chi connectivity index (χ2v) is 8.24. The monoisotopic (exact) mass is 451 g/mol. The average Bonchev–Trinajstić information content (AvgIpc) is 3.13. The normalized spacial score (nSPS) is 11.1. The van der Waals surface area contributed by atoms with Crippen LogP contribution in [0.25, 0.3) is 27.9 Å². The smallest absolute Gasteiger partial charge is 0.257 e. The lowest BCUT2D eigenvalue weighted by Gasteiger charge is -2.11. The van der Waals surface area contributed by atoms with Crippen molar-refractivity contribution in [1.82, 2.24) is 19.9 Å². The summed E-state index contributed by atoms with van der Waals surface area (Å²) < 4.78 is 7.21. The van der Waals surface area contributed by atoms with Gasteiger partial charge in [-0.15, -0.1) is 0 Å². The minimum Gasteiger partial charge on any atom is -0.496 e. The van der Waals surface area contributed by atoms with Gasteiger partial charge in [0.1, 0.15) is 22.6 Å². The number of carbonyl (C=O) groups excluding carboxylic acids is 1. The summed E-state index contributed by atoms with van der Waals surface area (Å²) in [5.41, 5.74) is 13.4. The first-order valence-electron chi connectivity index (χ1n) is 11.0. The molecule has 0 radical (unpaired) electrons. The van der Waals surface area contributed by atoms with Crippen LogP contribution in [-0.4, -0.2) is 27.6 Å². The van der Waals surface area contributed by atoms with Crippen LogP contribution in [0.2, 0.25) is 0 Å². The molecule has 3 aromatic carbocycles. The number of amides is 1. The number of benzene rings is 3. The molecule has 0 spiro atoms. The third-order valence-corrected chi connectivity index (χ3v) is 6.11. The highest BCUT2D eigenvalue weighted by Crippen LogP contribution is 2.31. The van der Waals surface area contributed by atoms with Crippen LogP contribution in [0.4, 0.5) is 5.82 Å². The molecule has 170 valence electrons. The second kappa shape index (κ2) is 8.51. The summed E-state index contributed by atoms with van der Waals surface area (Å²) in [4.78, 5) is 23.1. The minimum absolute atomic E-state index is 0.291. The molecule has 0 aliphatic heterocycles. The molecule has 7 heteroatoms. The van der Waals surface area contributed by atoms with Crippen molar-refractivity contribution in [2.24, 2.45) is 0 Å². The van der Waals surface area contributed by atoms with Crippen molar-refractivity contribution < 1.29 is 9.53 Å². The number of nitrogen functional groups attached to an aromatic ring is 1. The van der Waals surface area contributed by atoms with Crippen molar-refractivity contribution >= 4 is 33.9 Å². The van der Waals surface area contributed by atoms with Gasteiger partial charge in [0.15, 0.2) is 5.65 Å². The molecule has 0 fully saturated rings. The maximum atomic E-state index is 13.4. The molecule has 34 heavy (non-hydrogen) atoms. The fourth-order valence-corrected chi connectivity index (χ4v) is 4.12. The number of methoxy groups -OCH3 is 1. The zero-order valence-corrected chi connectivity index (χ0v) is 19.3. The maximum absolute atomic E-state index is 13.4. The highest BCUT2D eigenvalue weighted by molar-refractivity contribution is 6.11. The molecule has 0 saturated carbocycles. The number of nitrogens with zero attached hydrogens (tertiary/aromatic N) is 3. The lowest BCUT2D eigenvalue weighted by molar-refractivity contribution is 0.0953. The Morgan fingerprint density at radius 3 is 2.41 bits per heavy atom. The molecule has 5 aromatic rings. The number of fused-ring (bicyclic) bond motifs is 2. The zero-order chi connectivity index (χ0) is 23.8. The number of hydrogen-bond acceptors (Lipinski definition) is 5. The van der Waals surface area contributed by atoms with E-state index in [1.807, 2.05) is 73.7 Å². The lowest BCUT2D eigenvalue weighted by Crippen LogP contribution is -2.24. The van der Waals surface area contributed by atoms with E-state index in [4.69, 9.17) is 20.4 Å². The highest BCUT2D eigenvalue weighted by atomic mass is 16.5. The van der Waals surface area contributed by atoms with Gasteiger partial charge in [-0.1, -0.05) is 36.4 Å². The predicted molar refractivity (Wildman–Crippen MR) is 134 cm³/mol. The average molecular weight is 452 g/mol. The molecule has 7 nitrogen and oxygen atoms in total. The Morgan fingerprint density at radius 2 is 1.68 bits per heavy atom. The lowest BCUT2D eigenvalue weighted by atomic mass is 10.1. The third kappa shape index (κ3) is 3.61. The fraction of sp³-hybridized carbons (Fsp3) is 0.148. The van der Waals surface area contributed by atoms with E-state index in [2.05, 4.69) is 12.2 Å². The van der Waals surface area contributed by atoms with Gasteiger partial charge in [-0.25, -0.2) is 9.97 Å². The molecule has 2 aromatic heterocycles. The number of hydrogen-bond donors (Lipinski definition) is 2. The molecule has 1 amide bonds. The highest BCUT2D eigenvalue weighted by Gasteiger charge is 2.25. The third-order valence-electron chi connectivity index (χ3n) is 6.11. The number of carbonyl (C=O) groups is 1. The van der Waals surface area contributed by atoms with Gasteiger partial charge in [0.25, 0.3) is 5.91 Å². The van der Waals surface area contributed by atoms with Crippen LogP contribution in [-0.2, 0) is 6.54 Å². The quantitative estimate of drug-likeness (QED) is 0.403. The summed E-state index contributed by atoms with van der Waals surface area (Å²) in [5.74, 6) is 0.686. The summed E-state index contributed by atoms with van der Waals surface area (Å²) in [6.07, 6.45) is 0.